The minimum absolute atomic E-state index is 0.0227. The predicted molar refractivity (Wildman–Crippen MR) is 108 cm³/mol. The largest absolute Gasteiger partial charge is 0.385 e. The zero-order chi connectivity index (χ0) is 19.3. The van der Waals surface area contributed by atoms with Gasteiger partial charge < -0.3 is 10.0 Å². The molecule has 0 bridgehead atoms. The fourth-order valence-electron chi connectivity index (χ4n) is 3.27. The highest BCUT2D eigenvalue weighted by molar-refractivity contribution is 6.31. The maximum atomic E-state index is 13.2. The van der Waals surface area contributed by atoms with Crippen LogP contribution in [0, 0.1) is 11.7 Å². The molecular weight excluding hydrogens is 349 g/mol. The van der Waals surface area contributed by atoms with Crippen LogP contribution < -0.4 is 0 Å². The average molecular weight is 376 g/mol. The first kappa shape index (κ1) is 20.6. The topological polar surface area (TPSA) is 23.5 Å². The summed E-state index contributed by atoms with van der Waals surface area (Å²) in [4.78, 5) is 2.06. The van der Waals surface area contributed by atoms with Crippen LogP contribution in [0.15, 0.2) is 54.1 Å². The van der Waals surface area contributed by atoms with Crippen molar-refractivity contribution in [2.24, 2.45) is 5.92 Å². The van der Waals surface area contributed by atoms with Gasteiger partial charge in [0.15, 0.2) is 0 Å². The Bertz CT molecular complexity index is 757. The average Bonchev–Trinajstić information content (AvgIpc) is 2.58. The summed E-state index contributed by atoms with van der Waals surface area (Å²) in [7, 11) is 3.98. The van der Waals surface area contributed by atoms with Crippen LogP contribution in [0.25, 0.3) is 6.08 Å². The molecule has 2 rings (SSSR count). The monoisotopic (exact) mass is 375 g/mol. The number of rotatable bonds is 7. The van der Waals surface area contributed by atoms with Crippen LogP contribution in [0.3, 0.4) is 0 Å². The maximum absolute atomic E-state index is 13.2. The molecule has 2 aromatic rings. The smallest absolute Gasteiger partial charge is 0.123 e. The molecule has 0 saturated carbocycles. The molecule has 26 heavy (non-hydrogen) atoms. The van der Waals surface area contributed by atoms with E-state index >= 15 is 0 Å². The number of hydrogen-bond donors (Lipinski definition) is 1. The minimum Gasteiger partial charge on any atom is -0.385 e. The van der Waals surface area contributed by atoms with Gasteiger partial charge in [0.05, 0.1) is 5.60 Å². The van der Waals surface area contributed by atoms with Crippen molar-refractivity contribution >= 4 is 17.7 Å². The van der Waals surface area contributed by atoms with Crippen LogP contribution in [0.5, 0.6) is 0 Å². The van der Waals surface area contributed by atoms with E-state index in [9.17, 15) is 9.50 Å². The lowest BCUT2D eigenvalue weighted by Crippen LogP contribution is -2.44. The zero-order valence-electron chi connectivity index (χ0n) is 15.8. The van der Waals surface area contributed by atoms with Crippen molar-refractivity contribution in [3.63, 3.8) is 0 Å². The molecule has 0 fully saturated rings. The highest BCUT2D eigenvalue weighted by Crippen LogP contribution is 2.34. The Kier molecular flexibility index (Phi) is 6.99. The van der Waals surface area contributed by atoms with Gasteiger partial charge in [-0.05, 0) is 55.9 Å². The Balaban J connectivity index is 2.41. The molecule has 1 N–H and O–H groups in total. The Labute approximate surface area is 160 Å². The van der Waals surface area contributed by atoms with Gasteiger partial charge in [-0.15, -0.1) is 0 Å². The number of aliphatic hydroxyl groups is 1. The third-order valence-corrected chi connectivity index (χ3v) is 5.18. The Hall–Kier alpha value is -1.68. The van der Waals surface area contributed by atoms with Crippen LogP contribution in [0.1, 0.15) is 25.0 Å². The van der Waals surface area contributed by atoms with Gasteiger partial charge in [-0.2, -0.15) is 0 Å². The number of halogens is 2. The van der Waals surface area contributed by atoms with Crippen molar-refractivity contribution in [3.05, 3.63) is 76.1 Å². The van der Waals surface area contributed by atoms with Gasteiger partial charge >= 0.3 is 0 Å². The summed E-state index contributed by atoms with van der Waals surface area (Å²) in [6, 6.07) is 13.9. The first-order valence-electron chi connectivity index (χ1n) is 8.77. The SMILES string of the molecule is CC(=Cc1ccc(F)cc1)C(O)(Cc1ccccc1Cl)C(C)CN(C)C. The summed E-state index contributed by atoms with van der Waals surface area (Å²) in [5, 5.41) is 12.3. The number of nitrogens with zero attached hydrogens (tertiary/aromatic N) is 1. The fourth-order valence-corrected chi connectivity index (χ4v) is 3.47. The van der Waals surface area contributed by atoms with Crippen molar-refractivity contribution in [3.8, 4) is 0 Å². The summed E-state index contributed by atoms with van der Waals surface area (Å²) in [6.07, 6.45) is 2.34. The molecular formula is C22H27ClFNO. The van der Waals surface area contributed by atoms with Crippen LogP contribution in [-0.2, 0) is 6.42 Å². The van der Waals surface area contributed by atoms with Crippen LogP contribution in [0.2, 0.25) is 5.02 Å². The molecule has 2 nitrogen and oxygen atoms in total. The van der Waals surface area contributed by atoms with Crippen molar-refractivity contribution in [2.75, 3.05) is 20.6 Å². The van der Waals surface area contributed by atoms with Gasteiger partial charge in [0.2, 0.25) is 0 Å². The molecule has 0 aromatic heterocycles. The highest BCUT2D eigenvalue weighted by atomic mass is 35.5. The van der Waals surface area contributed by atoms with E-state index in [1.165, 1.54) is 12.1 Å². The summed E-state index contributed by atoms with van der Waals surface area (Å²) in [6.45, 7) is 4.70. The molecule has 0 radical (unpaired) electrons. The maximum Gasteiger partial charge on any atom is 0.123 e. The molecule has 0 saturated heterocycles. The second kappa shape index (κ2) is 8.81. The molecule has 0 aliphatic heterocycles. The molecule has 2 atom stereocenters. The molecule has 0 spiro atoms. The third-order valence-electron chi connectivity index (χ3n) is 4.81. The molecule has 4 heteroatoms. The van der Waals surface area contributed by atoms with Crippen molar-refractivity contribution in [1.29, 1.82) is 0 Å². The lowest BCUT2D eigenvalue weighted by molar-refractivity contribution is 0.0150. The Morgan fingerprint density at radius 1 is 1.19 bits per heavy atom. The molecule has 0 heterocycles. The lowest BCUT2D eigenvalue weighted by Gasteiger charge is -2.37. The first-order chi connectivity index (χ1) is 12.2. The highest BCUT2D eigenvalue weighted by Gasteiger charge is 2.36. The number of benzene rings is 2. The second-order valence-electron chi connectivity index (χ2n) is 7.23. The van der Waals surface area contributed by atoms with Crippen LogP contribution in [0.4, 0.5) is 4.39 Å². The standard InChI is InChI=1S/C22H27ClFNO/c1-16(13-18-9-11-20(24)12-10-18)22(26,17(2)15-25(3)4)14-19-7-5-6-8-21(19)23/h5-13,17,26H,14-15H2,1-4H3. The van der Waals surface area contributed by atoms with Gasteiger partial charge in [-0.3, -0.25) is 0 Å². The van der Waals surface area contributed by atoms with Crippen molar-refractivity contribution < 1.29 is 9.50 Å². The molecule has 2 aromatic carbocycles. The van der Waals surface area contributed by atoms with E-state index in [0.29, 0.717) is 11.4 Å². The molecule has 0 aliphatic carbocycles. The summed E-state index contributed by atoms with van der Waals surface area (Å²) in [5.74, 6) is -0.294. The van der Waals surface area contributed by atoms with Gasteiger partial charge in [0, 0.05) is 23.9 Å². The quantitative estimate of drug-likeness (QED) is 0.731. The molecule has 140 valence electrons. The van der Waals surface area contributed by atoms with Crippen molar-refractivity contribution in [2.45, 2.75) is 25.9 Å². The predicted octanol–water partition coefficient (Wildman–Crippen LogP) is 5.05. The normalized spacial score (nSPS) is 15.8. The summed E-state index contributed by atoms with van der Waals surface area (Å²) < 4.78 is 13.2. The van der Waals surface area contributed by atoms with E-state index in [1.807, 2.05) is 58.3 Å². The lowest BCUT2D eigenvalue weighted by atomic mass is 9.77. The fraction of sp³-hybridized carbons (Fsp3) is 0.364. The number of hydrogen-bond acceptors (Lipinski definition) is 2. The minimum atomic E-state index is -1.07. The molecule has 0 aliphatic rings. The van der Waals surface area contributed by atoms with Gasteiger partial charge in [0.25, 0.3) is 0 Å². The Morgan fingerprint density at radius 2 is 1.81 bits per heavy atom. The van der Waals surface area contributed by atoms with Gasteiger partial charge in [-0.25, -0.2) is 4.39 Å². The van der Waals surface area contributed by atoms with Gasteiger partial charge in [-0.1, -0.05) is 54.9 Å². The van der Waals surface area contributed by atoms with E-state index in [4.69, 9.17) is 11.6 Å². The van der Waals surface area contributed by atoms with Crippen LogP contribution in [-0.4, -0.2) is 36.2 Å². The zero-order valence-corrected chi connectivity index (χ0v) is 16.6. The first-order valence-corrected chi connectivity index (χ1v) is 9.15. The molecule has 2 unspecified atom stereocenters. The second-order valence-corrected chi connectivity index (χ2v) is 7.64. The summed E-state index contributed by atoms with van der Waals surface area (Å²) >= 11 is 6.34. The van der Waals surface area contributed by atoms with E-state index < -0.39 is 5.60 Å². The van der Waals surface area contributed by atoms with Crippen molar-refractivity contribution in [1.82, 2.24) is 4.90 Å². The van der Waals surface area contributed by atoms with E-state index in [2.05, 4.69) is 4.90 Å². The Morgan fingerprint density at radius 3 is 2.38 bits per heavy atom. The van der Waals surface area contributed by atoms with Gasteiger partial charge in [0.1, 0.15) is 5.82 Å². The molecule has 0 amide bonds. The van der Waals surface area contributed by atoms with E-state index in [-0.39, 0.29) is 11.7 Å². The van der Waals surface area contributed by atoms with E-state index in [1.54, 1.807) is 12.1 Å². The van der Waals surface area contributed by atoms with E-state index in [0.717, 1.165) is 23.2 Å². The summed E-state index contributed by atoms with van der Waals surface area (Å²) in [5.41, 5.74) is 1.54. The third kappa shape index (κ3) is 5.16. The van der Waals surface area contributed by atoms with Crippen LogP contribution >= 0.6 is 11.6 Å².